The fourth-order valence-corrected chi connectivity index (χ4v) is 9.45. The molecule has 16 heteroatoms. The van der Waals surface area contributed by atoms with Crippen molar-refractivity contribution in [2.24, 2.45) is 23.7 Å². The number of likely N-dealkylation sites (tertiary alicyclic amines) is 1. The molecule has 0 saturated carbocycles. The van der Waals surface area contributed by atoms with Gasteiger partial charge in [-0.2, -0.15) is 12.6 Å². The molecule has 2 aromatic rings. The van der Waals surface area contributed by atoms with Gasteiger partial charge in [0.05, 0.1) is 48.7 Å². The van der Waals surface area contributed by atoms with Crippen LogP contribution in [0.4, 0.5) is 0 Å². The molecule has 14 nitrogen and oxygen atoms in total. The van der Waals surface area contributed by atoms with Crippen molar-refractivity contribution in [2.75, 3.05) is 54.3 Å². The number of nitrogens with zero attached hydrogens (tertiary/aromatic N) is 4. The van der Waals surface area contributed by atoms with E-state index in [0.29, 0.717) is 30.1 Å². The van der Waals surface area contributed by atoms with Gasteiger partial charge in [0.25, 0.3) is 0 Å². The molecule has 3 rings (SSSR count). The number of esters is 1. The van der Waals surface area contributed by atoms with Crippen LogP contribution in [0.3, 0.4) is 0 Å². The molecule has 342 valence electrons. The van der Waals surface area contributed by atoms with Gasteiger partial charge in [-0.3, -0.25) is 24.1 Å². The fraction of sp³-hybridized carbons (Fsp3) is 0.689. The summed E-state index contributed by atoms with van der Waals surface area (Å²) in [5.74, 6) is -1.89. The first kappa shape index (κ1) is 51.8. The number of thiol groups is 1. The Kier molecular flexibility index (Phi) is 21.1. The van der Waals surface area contributed by atoms with E-state index in [-0.39, 0.29) is 66.1 Å². The number of carbonyl (C=O) groups excluding carboxylic acids is 5. The lowest BCUT2D eigenvalue weighted by molar-refractivity contribution is -0.148. The average molecular weight is 889 g/mol. The number of rotatable bonds is 24. The summed E-state index contributed by atoms with van der Waals surface area (Å²) in [6.07, 6.45) is 1.27. The van der Waals surface area contributed by atoms with Crippen molar-refractivity contribution in [2.45, 2.75) is 123 Å². The number of carbonyl (C=O) groups is 5. The minimum Gasteiger partial charge on any atom is -0.460 e. The smallest absolute Gasteiger partial charge is 0.357 e. The molecule has 9 atom stereocenters. The van der Waals surface area contributed by atoms with Gasteiger partial charge in [0.2, 0.25) is 23.6 Å². The second kappa shape index (κ2) is 24.9. The van der Waals surface area contributed by atoms with Crippen molar-refractivity contribution in [3.63, 3.8) is 0 Å². The maximum Gasteiger partial charge on any atom is 0.357 e. The molecule has 0 radical (unpaired) electrons. The summed E-state index contributed by atoms with van der Waals surface area (Å²) in [7, 11) is 8.56. The summed E-state index contributed by atoms with van der Waals surface area (Å²) in [6, 6.07) is 7.14. The van der Waals surface area contributed by atoms with E-state index < -0.39 is 48.3 Å². The van der Waals surface area contributed by atoms with Gasteiger partial charge >= 0.3 is 5.97 Å². The second-order valence-corrected chi connectivity index (χ2v) is 18.5. The molecule has 2 N–H and O–H groups in total. The molecule has 0 bridgehead atoms. The molecule has 1 fully saturated rings. The maximum atomic E-state index is 14.4. The van der Waals surface area contributed by atoms with Crippen molar-refractivity contribution in [3.05, 3.63) is 52.0 Å². The predicted molar refractivity (Wildman–Crippen MR) is 242 cm³/mol. The summed E-state index contributed by atoms with van der Waals surface area (Å²) < 4.78 is 17.3. The molecular weight excluding hydrogens is 817 g/mol. The Balaban J connectivity index is 1.82. The minimum atomic E-state index is -0.777. The highest BCUT2D eigenvalue weighted by molar-refractivity contribution is 7.80. The largest absolute Gasteiger partial charge is 0.460 e. The number of likely N-dealkylation sites (N-methyl/N-ethyl adjacent to an activating group) is 2. The Labute approximate surface area is 373 Å². The molecule has 1 saturated heterocycles. The van der Waals surface area contributed by atoms with Crippen LogP contribution in [0.25, 0.3) is 0 Å². The minimum absolute atomic E-state index is 0.00730. The van der Waals surface area contributed by atoms with Gasteiger partial charge in [-0.25, -0.2) is 9.78 Å². The number of benzene rings is 1. The van der Waals surface area contributed by atoms with E-state index >= 15 is 0 Å². The van der Waals surface area contributed by atoms with E-state index in [4.69, 9.17) is 14.2 Å². The molecule has 3 unspecified atom stereocenters. The fourth-order valence-electron chi connectivity index (χ4n) is 8.52. The monoisotopic (exact) mass is 888 g/mol. The van der Waals surface area contributed by atoms with Crippen LogP contribution in [-0.4, -0.2) is 140 Å². The third kappa shape index (κ3) is 14.0. The quantitative estimate of drug-likeness (QED) is 0.0936. The van der Waals surface area contributed by atoms with Gasteiger partial charge in [-0.05, 0) is 56.7 Å². The van der Waals surface area contributed by atoms with Crippen LogP contribution in [0.15, 0.2) is 35.7 Å². The van der Waals surface area contributed by atoms with Crippen molar-refractivity contribution >= 4 is 53.6 Å². The van der Waals surface area contributed by atoms with Gasteiger partial charge in [0.1, 0.15) is 17.7 Å². The Morgan fingerprint density at radius 1 is 0.951 bits per heavy atom. The highest BCUT2D eigenvalue weighted by atomic mass is 32.1. The lowest BCUT2D eigenvalue weighted by atomic mass is 9.89. The van der Waals surface area contributed by atoms with E-state index in [1.165, 1.54) is 11.3 Å². The van der Waals surface area contributed by atoms with Crippen LogP contribution < -0.4 is 10.6 Å². The highest BCUT2D eigenvalue weighted by Gasteiger charge is 2.43. The van der Waals surface area contributed by atoms with Gasteiger partial charge in [0.15, 0.2) is 5.69 Å². The van der Waals surface area contributed by atoms with Crippen molar-refractivity contribution in [3.8, 4) is 0 Å². The zero-order valence-electron chi connectivity index (χ0n) is 38.4. The molecule has 1 aromatic carbocycles. The Bertz CT molecular complexity index is 1700. The number of ether oxygens (including phenoxy) is 3. The van der Waals surface area contributed by atoms with E-state index in [1.54, 1.807) is 43.4 Å². The molecule has 2 heterocycles. The Morgan fingerprint density at radius 3 is 2.18 bits per heavy atom. The van der Waals surface area contributed by atoms with Crippen LogP contribution >= 0.6 is 24.0 Å². The second-order valence-electron chi connectivity index (χ2n) is 17.2. The third-order valence-corrected chi connectivity index (χ3v) is 13.0. The molecule has 1 aliphatic heterocycles. The molecule has 0 spiro atoms. The van der Waals surface area contributed by atoms with Crippen molar-refractivity contribution in [1.82, 2.24) is 30.3 Å². The molecule has 1 aromatic heterocycles. The highest BCUT2D eigenvalue weighted by Crippen LogP contribution is 2.31. The van der Waals surface area contributed by atoms with E-state index in [0.717, 1.165) is 18.4 Å². The number of amides is 4. The number of hydrogen-bond acceptors (Lipinski definition) is 12. The molecule has 61 heavy (non-hydrogen) atoms. The first-order valence-electron chi connectivity index (χ1n) is 21.6. The van der Waals surface area contributed by atoms with Crippen LogP contribution in [0.2, 0.25) is 0 Å². The SMILES string of the molecule is CC[C@H](C)[C@@H]([C@@H](CC(=O)N1CCCC1[C@H](OC)[C@@H](C)C(=O)N[C@@H](Cc1ccccc1)c1nc(C(=O)OCCS)cs1)OC)N(C)C(=O)C(NC(=O)C(C(C)C)N(C)C)C(C)C. The lowest BCUT2D eigenvalue weighted by Gasteiger charge is -2.41. The first-order chi connectivity index (χ1) is 28.9. The zero-order valence-corrected chi connectivity index (χ0v) is 40.1. The Hall–Kier alpha value is -3.57. The van der Waals surface area contributed by atoms with Gasteiger partial charge in [0, 0.05) is 38.9 Å². The van der Waals surface area contributed by atoms with Gasteiger partial charge in [-0.15, -0.1) is 11.3 Å². The summed E-state index contributed by atoms with van der Waals surface area (Å²) >= 11 is 5.39. The summed E-state index contributed by atoms with van der Waals surface area (Å²) in [4.78, 5) is 78.9. The summed E-state index contributed by atoms with van der Waals surface area (Å²) in [5.41, 5.74) is 1.15. The zero-order chi connectivity index (χ0) is 45.6. The molecule has 0 aliphatic carbocycles. The average Bonchev–Trinajstić information content (AvgIpc) is 3.92. The summed E-state index contributed by atoms with van der Waals surface area (Å²) in [5, 5.41) is 8.42. The van der Waals surface area contributed by atoms with Crippen LogP contribution in [0.5, 0.6) is 0 Å². The number of nitrogens with one attached hydrogen (secondary N) is 2. The molecule has 4 amide bonds. The van der Waals surface area contributed by atoms with Crippen molar-refractivity contribution < 1.29 is 38.2 Å². The molecule has 1 aliphatic rings. The van der Waals surface area contributed by atoms with Crippen LogP contribution in [-0.2, 0) is 39.8 Å². The normalized spacial score (nSPS) is 18.2. The van der Waals surface area contributed by atoms with Crippen LogP contribution in [0.1, 0.15) is 101 Å². The predicted octanol–water partition coefficient (Wildman–Crippen LogP) is 5.28. The lowest BCUT2D eigenvalue weighted by Crippen LogP contribution is -2.59. The number of aromatic nitrogens is 1. The van der Waals surface area contributed by atoms with Crippen molar-refractivity contribution in [1.29, 1.82) is 0 Å². The van der Waals surface area contributed by atoms with Crippen LogP contribution in [0, 0.1) is 23.7 Å². The number of methoxy groups -OCH3 is 2. The number of thiazole rings is 1. The maximum absolute atomic E-state index is 14.4. The summed E-state index contributed by atoms with van der Waals surface area (Å²) in [6.45, 7) is 14.3. The van der Waals surface area contributed by atoms with Gasteiger partial charge in [-0.1, -0.05) is 85.2 Å². The number of hydrogen-bond donors (Lipinski definition) is 3. The van der Waals surface area contributed by atoms with E-state index in [2.05, 4.69) is 28.2 Å². The standard InChI is InChI=1S/C45H72N6O8S2/c1-13-29(6)39(50(10)44(55)37(27(2)3)48-42(54)38(28(4)5)49(8)9)35(57-11)25-36(52)51-21-17-20-34(51)40(58-12)30(7)41(53)46-32(24-31-18-15-14-16-19-31)43-47-33(26-61-43)45(56)59-22-23-60/h14-16,18-19,26-30,32,34-35,37-40,60H,13,17,20-25H2,1-12H3,(H,46,53)(H,48,54)/t29-,30+,32-,34?,35+,37?,38?,39-,40+/m0/s1. The first-order valence-corrected chi connectivity index (χ1v) is 23.1. The molecular formula is C45H72N6O8S2. The third-order valence-electron chi connectivity index (χ3n) is 11.9. The van der Waals surface area contributed by atoms with E-state index in [9.17, 15) is 24.0 Å². The topological polar surface area (TPSA) is 160 Å². The Morgan fingerprint density at radius 2 is 1.62 bits per heavy atom. The van der Waals surface area contributed by atoms with Gasteiger partial charge < -0.3 is 34.6 Å². The van der Waals surface area contributed by atoms with E-state index in [1.807, 2.05) is 90.9 Å².